The minimum Gasteiger partial charge on any atom is -0.388 e. The van der Waals surface area contributed by atoms with E-state index in [4.69, 9.17) is 0 Å². The molecule has 4 rings (SSSR count). The van der Waals surface area contributed by atoms with Crippen molar-refractivity contribution in [2.45, 2.75) is 6.54 Å². The second kappa shape index (κ2) is 9.82. The van der Waals surface area contributed by atoms with Crippen LogP contribution in [0.2, 0.25) is 0 Å². The molecule has 34 heavy (non-hydrogen) atoms. The second-order valence-corrected chi connectivity index (χ2v) is 7.44. The van der Waals surface area contributed by atoms with Crippen LogP contribution in [0.25, 0.3) is 17.3 Å². The molecule has 0 spiro atoms. The molecule has 5 amide bonds. The number of rotatable bonds is 7. The molecule has 0 unspecified atom stereocenters. The summed E-state index contributed by atoms with van der Waals surface area (Å²) in [6.07, 6.45) is 3.07. The molecule has 172 valence electrons. The first-order valence-corrected chi connectivity index (χ1v) is 10.5. The zero-order chi connectivity index (χ0) is 24.1. The maximum absolute atomic E-state index is 12.4. The number of aromatic nitrogens is 2. The smallest absolute Gasteiger partial charge is 0.328 e. The summed E-state index contributed by atoms with van der Waals surface area (Å²) in [7, 11) is 1.81. The second-order valence-electron chi connectivity index (χ2n) is 7.44. The average Bonchev–Trinajstić information content (AvgIpc) is 3.24. The Morgan fingerprint density at radius 1 is 1.00 bits per heavy atom. The number of benzene rings is 2. The molecule has 0 aliphatic carbocycles. The molecule has 0 radical (unpaired) electrons. The minimum atomic E-state index is -0.859. The van der Waals surface area contributed by atoms with Gasteiger partial charge in [-0.3, -0.25) is 29.7 Å². The Balaban J connectivity index is 1.53. The van der Waals surface area contributed by atoms with Crippen molar-refractivity contribution < 1.29 is 19.2 Å². The summed E-state index contributed by atoms with van der Waals surface area (Å²) in [6.45, 7) is 0.675. The lowest BCUT2D eigenvalue weighted by molar-refractivity contribution is -0.123. The molecule has 1 aliphatic rings. The molecular weight excluding hydrogens is 436 g/mol. The molecule has 2 heterocycles. The van der Waals surface area contributed by atoms with Crippen molar-refractivity contribution in [2.75, 3.05) is 18.9 Å². The van der Waals surface area contributed by atoms with Crippen LogP contribution >= 0.6 is 0 Å². The van der Waals surface area contributed by atoms with Crippen molar-refractivity contribution in [3.8, 4) is 11.3 Å². The van der Waals surface area contributed by atoms with Gasteiger partial charge in [0.15, 0.2) is 0 Å². The van der Waals surface area contributed by atoms with Gasteiger partial charge in [0.25, 0.3) is 17.7 Å². The number of barbiturate groups is 1. The van der Waals surface area contributed by atoms with Gasteiger partial charge in [0.1, 0.15) is 5.57 Å². The summed E-state index contributed by atoms with van der Waals surface area (Å²) >= 11 is 0. The van der Waals surface area contributed by atoms with E-state index in [-0.39, 0.29) is 11.5 Å². The van der Waals surface area contributed by atoms with E-state index in [2.05, 4.69) is 26.4 Å². The van der Waals surface area contributed by atoms with E-state index >= 15 is 0 Å². The van der Waals surface area contributed by atoms with Crippen molar-refractivity contribution in [1.82, 2.24) is 25.7 Å². The summed E-state index contributed by atoms with van der Waals surface area (Å²) in [6, 6.07) is 15.5. The van der Waals surface area contributed by atoms with Crippen molar-refractivity contribution in [2.24, 2.45) is 0 Å². The van der Waals surface area contributed by atoms with Crippen LogP contribution in [0, 0.1) is 0 Å². The Hall–Kier alpha value is -4.73. The molecule has 10 nitrogen and oxygen atoms in total. The number of urea groups is 1. The highest BCUT2D eigenvalue weighted by atomic mass is 16.2. The van der Waals surface area contributed by atoms with Crippen LogP contribution in [0.15, 0.2) is 66.4 Å². The lowest BCUT2D eigenvalue weighted by atomic mass is 10.0. The minimum absolute atomic E-state index is 0.199. The fourth-order valence-electron chi connectivity index (χ4n) is 3.41. The van der Waals surface area contributed by atoms with Crippen molar-refractivity contribution >= 4 is 35.5 Å². The molecule has 1 aliphatic heterocycles. The highest BCUT2D eigenvalue weighted by molar-refractivity contribution is 6.31. The van der Waals surface area contributed by atoms with Gasteiger partial charge in [-0.15, -0.1) is 0 Å². The zero-order valence-electron chi connectivity index (χ0n) is 18.3. The molecule has 0 atom stereocenters. The summed E-state index contributed by atoms with van der Waals surface area (Å²) in [5, 5.41) is 14.6. The largest absolute Gasteiger partial charge is 0.388 e. The van der Waals surface area contributed by atoms with Crippen LogP contribution in [0.3, 0.4) is 0 Å². The summed E-state index contributed by atoms with van der Waals surface area (Å²) in [4.78, 5) is 48.1. The predicted molar refractivity (Wildman–Crippen MR) is 126 cm³/mol. The third-order valence-corrected chi connectivity index (χ3v) is 5.14. The zero-order valence-corrected chi connectivity index (χ0v) is 18.3. The quantitative estimate of drug-likeness (QED) is 0.315. The Kier molecular flexibility index (Phi) is 6.49. The van der Waals surface area contributed by atoms with E-state index in [1.165, 1.54) is 6.08 Å². The highest BCUT2D eigenvalue weighted by Crippen LogP contribution is 2.24. The van der Waals surface area contributed by atoms with E-state index in [1.54, 1.807) is 30.1 Å². The lowest BCUT2D eigenvalue weighted by Gasteiger charge is -2.13. The number of hydrogen-bond donors (Lipinski definition) is 4. The normalized spacial score (nSPS) is 13.2. The first-order chi connectivity index (χ1) is 16.4. The molecule has 3 aromatic rings. The number of nitrogens with zero attached hydrogens (tertiary/aromatic N) is 2. The lowest BCUT2D eigenvalue weighted by Crippen LogP contribution is -2.51. The molecule has 2 aromatic carbocycles. The predicted octanol–water partition coefficient (Wildman–Crippen LogP) is 1.77. The number of imide groups is 2. The third-order valence-electron chi connectivity index (χ3n) is 5.14. The molecule has 10 heteroatoms. The number of hydrogen-bond acceptors (Lipinski definition) is 6. The maximum Gasteiger partial charge on any atom is 0.328 e. The standard InChI is InChI=1S/C24H22N6O4/c1-25-18-9-7-16(8-10-18)21(31)26-11-12-30-14-17(20(29-30)15-5-3-2-4-6-15)13-19-22(32)27-24(34)28-23(19)33/h2-10,13-14,25H,11-12H2,1H3,(H,26,31)(H2,27,28,32,33,34). The molecule has 4 N–H and O–H groups in total. The number of carbonyl (C=O) groups excluding carboxylic acids is 4. The Morgan fingerprint density at radius 3 is 2.32 bits per heavy atom. The third kappa shape index (κ3) is 5.01. The van der Waals surface area contributed by atoms with E-state index in [9.17, 15) is 19.2 Å². The molecule has 0 bridgehead atoms. The fraction of sp³-hybridized carbons (Fsp3) is 0.125. The Morgan fingerprint density at radius 2 is 1.68 bits per heavy atom. The highest BCUT2D eigenvalue weighted by Gasteiger charge is 2.28. The van der Waals surface area contributed by atoms with Gasteiger partial charge in [-0.05, 0) is 30.3 Å². The summed E-state index contributed by atoms with van der Waals surface area (Å²) < 4.78 is 1.63. The number of amides is 5. The SMILES string of the molecule is CNc1ccc(C(=O)NCCn2cc(C=C3C(=O)NC(=O)NC3=O)c(-c3ccccc3)n2)cc1. The average molecular weight is 458 g/mol. The van der Waals surface area contributed by atoms with Crippen LogP contribution in [0.5, 0.6) is 0 Å². The molecular formula is C24H22N6O4. The van der Waals surface area contributed by atoms with Crippen LogP contribution in [-0.4, -0.2) is 47.1 Å². The first-order valence-electron chi connectivity index (χ1n) is 10.5. The monoisotopic (exact) mass is 458 g/mol. The van der Waals surface area contributed by atoms with Crippen LogP contribution in [-0.2, 0) is 16.1 Å². The molecule has 1 fully saturated rings. The Labute approximate surface area is 195 Å². The van der Waals surface area contributed by atoms with Crippen LogP contribution in [0.4, 0.5) is 10.5 Å². The Bertz CT molecular complexity index is 1260. The van der Waals surface area contributed by atoms with Crippen molar-refractivity contribution in [1.29, 1.82) is 0 Å². The van der Waals surface area contributed by atoms with Gasteiger partial charge in [-0.2, -0.15) is 5.10 Å². The van der Waals surface area contributed by atoms with Gasteiger partial charge in [-0.1, -0.05) is 30.3 Å². The van der Waals surface area contributed by atoms with Crippen molar-refractivity contribution in [3.05, 3.63) is 77.5 Å². The van der Waals surface area contributed by atoms with E-state index in [1.807, 2.05) is 42.5 Å². The number of nitrogens with one attached hydrogen (secondary N) is 4. The molecule has 1 saturated heterocycles. The number of anilines is 1. The van der Waals surface area contributed by atoms with Gasteiger partial charge in [-0.25, -0.2) is 4.79 Å². The van der Waals surface area contributed by atoms with E-state index < -0.39 is 17.8 Å². The first kappa shape index (κ1) is 22.5. The summed E-state index contributed by atoms with van der Waals surface area (Å²) in [5.41, 5.74) is 3.12. The van der Waals surface area contributed by atoms with Crippen LogP contribution < -0.4 is 21.3 Å². The fourth-order valence-corrected chi connectivity index (χ4v) is 3.41. The van der Waals surface area contributed by atoms with Gasteiger partial charge in [0.05, 0.1) is 12.2 Å². The van der Waals surface area contributed by atoms with Gasteiger partial charge in [0.2, 0.25) is 0 Å². The van der Waals surface area contributed by atoms with Crippen molar-refractivity contribution in [3.63, 3.8) is 0 Å². The van der Waals surface area contributed by atoms with Gasteiger partial charge < -0.3 is 10.6 Å². The summed E-state index contributed by atoms with van der Waals surface area (Å²) in [5.74, 6) is -1.77. The van der Waals surface area contributed by atoms with Gasteiger partial charge in [0, 0.05) is 42.2 Å². The van der Waals surface area contributed by atoms with Gasteiger partial charge >= 0.3 is 6.03 Å². The number of carbonyl (C=O) groups is 4. The molecule has 1 aromatic heterocycles. The maximum atomic E-state index is 12.4. The van der Waals surface area contributed by atoms with E-state index in [0.29, 0.717) is 29.9 Å². The topological polar surface area (TPSA) is 134 Å². The molecule has 0 saturated carbocycles. The van der Waals surface area contributed by atoms with Crippen LogP contribution in [0.1, 0.15) is 15.9 Å². The van der Waals surface area contributed by atoms with E-state index in [0.717, 1.165) is 11.3 Å².